The molecule has 1 saturated heterocycles. The van der Waals surface area contributed by atoms with Crippen molar-refractivity contribution in [1.82, 2.24) is 14.3 Å². The van der Waals surface area contributed by atoms with Gasteiger partial charge in [-0.15, -0.1) is 4.31 Å². The molecule has 0 radical (unpaired) electrons. The monoisotopic (exact) mass is 543 g/mol. The fourth-order valence-corrected chi connectivity index (χ4v) is 5.89. The Balaban J connectivity index is 1.43. The maximum absolute atomic E-state index is 13.0. The Hall–Kier alpha value is -2.93. The first-order valence-corrected chi connectivity index (χ1v) is 14.0. The van der Waals surface area contributed by atoms with Crippen molar-refractivity contribution in [2.75, 3.05) is 36.3 Å². The number of para-hydroxylation sites is 2. The van der Waals surface area contributed by atoms with Crippen molar-refractivity contribution in [3.63, 3.8) is 0 Å². The summed E-state index contributed by atoms with van der Waals surface area (Å²) in [7, 11) is -3.95. The molecule has 5 rings (SSSR count). The minimum Gasteiger partial charge on any atom is -0.593 e. The molecule has 0 amide bonds. The van der Waals surface area contributed by atoms with Gasteiger partial charge < -0.3 is 14.6 Å². The molecule has 1 unspecified atom stereocenters. The highest BCUT2D eigenvalue weighted by Crippen LogP contribution is 2.28. The van der Waals surface area contributed by atoms with Gasteiger partial charge in [0.2, 0.25) is 0 Å². The van der Waals surface area contributed by atoms with E-state index < -0.39 is 21.4 Å². The zero-order chi connectivity index (χ0) is 25.1. The zero-order valence-electron chi connectivity index (χ0n) is 18.9. The normalized spacial score (nSPS) is 15.5. The van der Waals surface area contributed by atoms with Crippen LogP contribution in [-0.4, -0.2) is 53.5 Å². The minimum absolute atomic E-state index is 0.0442. The molecule has 12 heteroatoms. The molecule has 0 bridgehead atoms. The molecule has 0 saturated carbocycles. The molecule has 186 valence electrons. The van der Waals surface area contributed by atoms with Crippen LogP contribution in [0.1, 0.15) is 0 Å². The number of sulfonamides is 1. The van der Waals surface area contributed by atoms with Gasteiger partial charge in [-0.3, -0.25) is 4.72 Å². The highest BCUT2D eigenvalue weighted by molar-refractivity contribution is 7.92. The Morgan fingerprint density at radius 2 is 1.50 bits per heavy atom. The number of halogens is 1. The molecular weight excluding hydrogens is 522 g/mol. The summed E-state index contributed by atoms with van der Waals surface area (Å²) in [6.07, 6.45) is 0. The lowest BCUT2D eigenvalue weighted by molar-refractivity contribution is 0.0730. The van der Waals surface area contributed by atoms with Crippen LogP contribution >= 0.6 is 11.6 Å². The van der Waals surface area contributed by atoms with Gasteiger partial charge in [0.15, 0.2) is 16.5 Å². The molecule has 9 nitrogen and oxygen atoms in total. The lowest BCUT2D eigenvalue weighted by Crippen LogP contribution is -2.40. The number of anilines is 3. The third kappa shape index (κ3) is 5.56. The highest BCUT2D eigenvalue weighted by Gasteiger charge is 2.25. The molecule has 0 spiro atoms. The summed E-state index contributed by atoms with van der Waals surface area (Å²) < 4.78 is 48.6. The predicted molar refractivity (Wildman–Crippen MR) is 140 cm³/mol. The van der Waals surface area contributed by atoms with Gasteiger partial charge in [0, 0.05) is 10.7 Å². The van der Waals surface area contributed by atoms with Gasteiger partial charge in [-0.05, 0) is 60.7 Å². The van der Waals surface area contributed by atoms with E-state index in [-0.39, 0.29) is 16.5 Å². The molecule has 4 aromatic rings. The number of fused-ring (bicyclic) bond motifs is 1. The third-order valence-corrected chi connectivity index (χ3v) is 8.57. The van der Waals surface area contributed by atoms with Crippen molar-refractivity contribution < 1.29 is 17.7 Å². The van der Waals surface area contributed by atoms with Crippen molar-refractivity contribution in [1.29, 1.82) is 0 Å². The molecular formula is C24H22ClN5O4S2. The summed E-state index contributed by atoms with van der Waals surface area (Å²) in [6.45, 7) is 2.33. The second-order valence-electron chi connectivity index (χ2n) is 7.91. The number of nitrogens with one attached hydrogen (secondary N) is 2. The van der Waals surface area contributed by atoms with E-state index >= 15 is 0 Å². The fraction of sp³-hybridized carbons (Fsp3) is 0.167. The number of hydrogen-bond acceptors (Lipinski definition) is 8. The van der Waals surface area contributed by atoms with E-state index in [0.717, 1.165) is 0 Å². The van der Waals surface area contributed by atoms with Crippen molar-refractivity contribution in [3.05, 3.63) is 77.8 Å². The second kappa shape index (κ2) is 10.6. The van der Waals surface area contributed by atoms with E-state index in [1.807, 2.05) is 10.4 Å². The van der Waals surface area contributed by atoms with Crippen LogP contribution in [0.25, 0.3) is 11.0 Å². The van der Waals surface area contributed by atoms with Crippen LogP contribution in [0, 0.1) is 0 Å². The number of benzene rings is 3. The van der Waals surface area contributed by atoms with E-state index in [2.05, 4.69) is 20.0 Å². The Labute approximate surface area is 216 Å². The average molecular weight is 544 g/mol. The van der Waals surface area contributed by atoms with E-state index in [1.54, 1.807) is 42.5 Å². The second-order valence-corrected chi connectivity index (χ2v) is 11.5. The first kappa shape index (κ1) is 24.8. The number of rotatable bonds is 7. The highest BCUT2D eigenvalue weighted by atomic mass is 35.5. The van der Waals surface area contributed by atoms with E-state index in [9.17, 15) is 13.0 Å². The lowest BCUT2D eigenvalue weighted by Gasteiger charge is -2.27. The van der Waals surface area contributed by atoms with Crippen molar-refractivity contribution in [2.45, 2.75) is 9.79 Å². The molecule has 1 fully saturated rings. The van der Waals surface area contributed by atoms with Crippen molar-refractivity contribution in [2.24, 2.45) is 0 Å². The van der Waals surface area contributed by atoms with Crippen LogP contribution in [0.4, 0.5) is 17.3 Å². The molecule has 0 aliphatic carbocycles. The number of nitrogens with zero attached hydrogens (tertiary/aromatic N) is 3. The van der Waals surface area contributed by atoms with Crippen LogP contribution in [0.3, 0.4) is 0 Å². The predicted octanol–water partition coefficient (Wildman–Crippen LogP) is 4.18. The van der Waals surface area contributed by atoms with E-state index in [4.69, 9.17) is 16.3 Å². The molecule has 1 atom stereocenters. The molecule has 1 aliphatic heterocycles. The zero-order valence-corrected chi connectivity index (χ0v) is 21.3. The van der Waals surface area contributed by atoms with Crippen LogP contribution in [0.2, 0.25) is 5.02 Å². The van der Waals surface area contributed by atoms with E-state index in [0.29, 0.717) is 52.9 Å². The molecule has 3 aromatic carbocycles. The van der Waals surface area contributed by atoms with Gasteiger partial charge in [0.25, 0.3) is 10.0 Å². The smallest absolute Gasteiger partial charge is 0.263 e. The molecule has 1 aromatic heterocycles. The van der Waals surface area contributed by atoms with Crippen molar-refractivity contribution >= 4 is 61.3 Å². The largest absolute Gasteiger partial charge is 0.593 e. The van der Waals surface area contributed by atoms with Gasteiger partial charge in [0.05, 0.1) is 53.6 Å². The summed E-state index contributed by atoms with van der Waals surface area (Å²) in [5, 5.41) is 3.57. The fourth-order valence-electron chi connectivity index (χ4n) is 3.61. The Bertz CT molecular complexity index is 1460. The topological polar surface area (TPSA) is 120 Å². The number of ether oxygens (including phenoxy) is 1. The van der Waals surface area contributed by atoms with E-state index in [1.165, 1.54) is 24.3 Å². The summed E-state index contributed by atoms with van der Waals surface area (Å²) in [5.74, 6) is 0.276. The van der Waals surface area contributed by atoms with Crippen molar-refractivity contribution in [3.8, 4) is 0 Å². The number of morpholine rings is 1. The first-order valence-electron chi connectivity index (χ1n) is 11.1. The van der Waals surface area contributed by atoms with Gasteiger partial charge >= 0.3 is 0 Å². The maximum Gasteiger partial charge on any atom is 0.263 e. The van der Waals surface area contributed by atoms with Gasteiger partial charge in [0.1, 0.15) is 0 Å². The average Bonchev–Trinajstić information content (AvgIpc) is 2.89. The lowest BCUT2D eigenvalue weighted by atomic mass is 10.3. The third-order valence-electron chi connectivity index (χ3n) is 5.45. The maximum atomic E-state index is 13.0. The Morgan fingerprint density at radius 3 is 2.14 bits per heavy atom. The van der Waals surface area contributed by atoms with Gasteiger partial charge in [-0.25, -0.2) is 18.4 Å². The molecule has 1 aliphatic rings. The SMILES string of the molecule is O=S(=O)(Nc1nc2ccccc2nc1Nc1ccc([S+]([O-])N2CCOCC2)cc1)c1ccc(Cl)cc1. The molecule has 2 N–H and O–H groups in total. The molecule has 2 heterocycles. The summed E-state index contributed by atoms with van der Waals surface area (Å²) in [5.41, 5.74) is 1.77. The molecule has 36 heavy (non-hydrogen) atoms. The van der Waals surface area contributed by atoms with Crippen LogP contribution < -0.4 is 10.0 Å². The summed E-state index contributed by atoms with van der Waals surface area (Å²) in [4.78, 5) is 9.79. The van der Waals surface area contributed by atoms with Gasteiger partial charge in [-0.1, -0.05) is 23.7 Å². The summed E-state index contributed by atoms with van der Waals surface area (Å²) >= 11 is 4.62. The van der Waals surface area contributed by atoms with Crippen LogP contribution in [0.5, 0.6) is 0 Å². The number of aromatic nitrogens is 2. The van der Waals surface area contributed by atoms with Crippen LogP contribution in [-0.2, 0) is 26.1 Å². The van der Waals surface area contributed by atoms with Crippen LogP contribution in [0.15, 0.2) is 82.6 Å². The van der Waals surface area contributed by atoms with Gasteiger partial charge in [-0.2, -0.15) is 0 Å². The Kier molecular flexibility index (Phi) is 7.28. The minimum atomic E-state index is -3.95. The first-order chi connectivity index (χ1) is 17.4. The standard InChI is InChI=1S/C24H22ClN5O4S2/c25-17-5-11-20(12-6-17)36(32,33)29-24-23(27-21-3-1-2-4-22(21)28-24)26-18-7-9-19(10-8-18)35(31)30-13-15-34-16-14-30/h1-12H,13-16H2,(H,26,27)(H,28,29). The Morgan fingerprint density at radius 1 is 0.889 bits per heavy atom. The number of hydrogen-bond donors (Lipinski definition) is 2. The summed E-state index contributed by atoms with van der Waals surface area (Å²) in [6, 6.07) is 20.1. The quantitative estimate of drug-likeness (QED) is 0.333.